The minimum absolute atomic E-state index is 0.372. The molecule has 0 amide bonds. The van der Waals surface area contributed by atoms with Gasteiger partial charge in [0.15, 0.2) is 6.29 Å². The third-order valence-corrected chi connectivity index (χ3v) is 2.33. The van der Waals surface area contributed by atoms with E-state index in [9.17, 15) is 4.79 Å². The van der Waals surface area contributed by atoms with Crippen LogP contribution in [-0.4, -0.2) is 6.29 Å². The van der Waals surface area contributed by atoms with Gasteiger partial charge in [-0.3, -0.25) is 4.79 Å². The largest absolute Gasteiger partial charge is 0.297 e. The minimum Gasteiger partial charge on any atom is -0.297 e. The molecule has 0 N–H and O–H groups in total. The zero-order valence-corrected chi connectivity index (χ0v) is 7.18. The molecular weight excluding hydrogens is 150 g/mol. The molecule has 0 aliphatic heterocycles. The third kappa shape index (κ3) is 2.20. The van der Waals surface area contributed by atoms with Crippen LogP contribution in [0.1, 0.15) is 38.5 Å². The summed E-state index contributed by atoms with van der Waals surface area (Å²) < 4.78 is 0. The van der Waals surface area contributed by atoms with Crippen LogP contribution in [-0.2, 0) is 4.79 Å². The molecule has 1 fully saturated rings. The first-order chi connectivity index (χ1) is 5.88. The quantitative estimate of drug-likeness (QED) is 0.258. The van der Waals surface area contributed by atoms with Crippen molar-refractivity contribution in [1.29, 1.82) is 5.26 Å². The van der Waals surface area contributed by atoms with Crippen molar-refractivity contribution >= 4 is 6.29 Å². The summed E-state index contributed by atoms with van der Waals surface area (Å²) in [7, 11) is 0. The van der Waals surface area contributed by atoms with E-state index in [-0.39, 0.29) is 0 Å². The fraction of sp³-hybridized carbons (Fsp3) is 0.600. The van der Waals surface area contributed by atoms with Crippen LogP contribution in [0.5, 0.6) is 0 Å². The number of hydrogen-bond donors (Lipinski definition) is 0. The molecular formula is C10H13NO. The number of allylic oxidation sites excluding steroid dienone is 2. The van der Waals surface area contributed by atoms with Gasteiger partial charge in [0.2, 0.25) is 0 Å². The first-order valence-electron chi connectivity index (χ1n) is 4.46. The summed E-state index contributed by atoms with van der Waals surface area (Å²) in [5, 5.41) is 8.63. The smallest absolute Gasteiger partial charge is 0.160 e. The van der Waals surface area contributed by atoms with E-state index in [1.807, 2.05) is 6.07 Å². The van der Waals surface area contributed by atoms with E-state index in [2.05, 4.69) is 0 Å². The Labute approximate surface area is 72.9 Å². The summed E-state index contributed by atoms with van der Waals surface area (Å²) >= 11 is 0. The lowest BCUT2D eigenvalue weighted by Gasteiger charge is -2.00. The van der Waals surface area contributed by atoms with Gasteiger partial charge in [0, 0.05) is 0 Å². The Kier molecular flexibility index (Phi) is 3.53. The molecule has 0 aromatic carbocycles. The zero-order chi connectivity index (χ0) is 8.81. The van der Waals surface area contributed by atoms with Crippen LogP contribution in [0.2, 0.25) is 0 Å². The van der Waals surface area contributed by atoms with Gasteiger partial charge in [-0.05, 0) is 31.3 Å². The van der Waals surface area contributed by atoms with E-state index in [4.69, 9.17) is 5.26 Å². The second kappa shape index (κ2) is 4.71. The predicted molar refractivity (Wildman–Crippen MR) is 46.4 cm³/mol. The van der Waals surface area contributed by atoms with Gasteiger partial charge < -0.3 is 0 Å². The molecule has 0 aromatic rings. The van der Waals surface area contributed by atoms with Gasteiger partial charge in [-0.1, -0.05) is 12.8 Å². The number of aldehydes is 1. The molecule has 0 bridgehead atoms. The van der Waals surface area contributed by atoms with Crippen LogP contribution in [0.25, 0.3) is 0 Å². The molecule has 0 atom stereocenters. The maximum atomic E-state index is 10.5. The lowest BCUT2D eigenvalue weighted by atomic mass is 10.0. The van der Waals surface area contributed by atoms with Crippen LogP contribution in [0, 0.1) is 11.3 Å². The topological polar surface area (TPSA) is 40.9 Å². The standard InChI is InChI=1S/C10H13NO/c11-7-10(8-12)9-5-3-1-2-4-6-9/h8H,1-6H2. The van der Waals surface area contributed by atoms with Crippen molar-refractivity contribution < 1.29 is 4.79 Å². The number of hydrogen-bond acceptors (Lipinski definition) is 2. The molecule has 0 spiro atoms. The molecule has 1 aliphatic rings. The molecule has 0 heterocycles. The lowest BCUT2D eigenvalue weighted by Crippen LogP contribution is -1.90. The van der Waals surface area contributed by atoms with E-state index in [1.54, 1.807) is 0 Å². The zero-order valence-electron chi connectivity index (χ0n) is 7.18. The summed E-state index contributed by atoms with van der Waals surface area (Å²) in [4.78, 5) is 10.5. The van der Waals surface area contributed by atoms with Gasteiger partial charge in [-0.15, -0.1) is 0 Å². The second-order valence-electron chi connectivity index (χ2n) is 3.16. The van der Waals surface area contributed by atoms with Crippen molar-refractivity contribution in [2.24, 2.45) is 0 Å². The van der Waals surface area contributed by atoms with E-state index in [0.717, 1.165) is 31.3 Å². The Morgan fingerprint density at radius 2 is 1.83 bits per heavy atom. The van der Waals surface area contributed by atoms with Gasteiger partial charge in [-0.2, -0.15) is 5.26 Å². The van der Waals surface area contributed by atoms with Crippen LogP contribution in [0.4, 0.5) is 0 Å². The molecule has 0 aromatic heterocycles. The SMILES string of the molecule is N#CC(C=O)=C1CCCCCC1. The van der Waals surface area contributed by atoms with Crippen molar-refractivity contribution in [2.75, 3.05) is 0 Å². The van der Waals surface area contributed by atoms with Gasteiger partial charge in [0.25, 0.3) is 0 Å². The summed E-state index contributed by atoms with van der Waals surface area (Å²) in [6, 6.07) is 1.96. The van der Waals surface area contributed by atoms with E-state index in [0.29, 0.717) is 11.9 Å². The van der Waals surface area contributed by atoms with Crippen molar-refractivity contribution in [3.63, 3.8) is 0 Å². The highest BCUT2D eigenvalue weighted by molar-refractivity contribution is 5.80. The number of nitrogens with zero attached hydrogens (tertiary/aromatic N) is 1. The molecule has 1 rings (SSSR count). The molecule has 1 aliphatic carbocycles. The molecule has 0 saturated heterocycles. The molecule has 2 nitrogen and oxygen atoms in total. The maximum absolute atomic E-state index is 10.5. The monoisotopic (exact) mass is 163 g/mol. The second-order valence-corrected chi connectivity index (χ2v) is 3.16. The number of nitriles is 1. The van der Waals surface area contributed by atoms with Crippen molar-refractivity contribution in [3.05, 3.63) is 11.1 Å². The normalized spacial score (nSPS) is 17.8. The molecule has 64 valence electrons. The molecule has 0 unspecified atom stereocenters. The highest BCUT2D eigenvalue weighted by Gasteiger charge is 2.08. The summed E-state index contributed by atoms with van der Waals surface area (Å²) in [5.74, 6) is 0. The number of carbonyl (C=O) groups excluding carboxylic acids is 1. The fourth-order valence-corrected chi connectivity index (χ4v) is 1.61. The first kappa shape index (κ1) is 8.99. The summed E-state index contributed by atoms with van der Waals surface area (Å²) in [6.07, 6.45) is 7.33. The van der Waals surface area contributed by atoms with Gasteiger partial charge in [0.05, 0.1) is 5.57 Å². The maximum Gasteiger partial charge on any atom is 0.160 e. The van der Waals surface area contributed by atoms with E-state index >= 15 is 0 Å². The van der Waals surface area contributed by atoms with E-state index in [1.165, 1.54) is 12.8 Å². The van der Waals surface area contributed by atoms with Crippen molar-refractivity contribution in [1.82, 2.24) is 0 Å². The number of rotatable bonds is 1. The van der Waals surface area contributed by atoms with Crippen LogP contribution >= 0.6 is 0 Å². The highest BCUT2D eigenvalue weighted by atomic mass is 16.1. The highest BCUT2D eigenvalue weighted by Crippen LogP contribution is 2.23. The van der Waals surface area contributed by atoms with Gasteiger partial charge in [-0.25, -0.2) is 0 Å². The minimum atomic E-state index is 0.372. The van der Waals surface area contributed by atoms with Crippen LogP contribution < -0.4 is 0 Å². The Balaban J connectivity index is 2.75. The fourth-order valence-electron chi connectivity index (χ4n) is 1.61. The number of carbonyl (C=O) groups is 1. The van der Waals surface area contributed by atoms with Gasteiger partial charge in [0.1, 0.15) is 6.07 Å². The lowest BCUT2D eigenvalue weighted by molar-refractivity contribution is -0.104. The average molecular weight is 163 g/mol. The van der Waals surface area contributed by atoms with Gasteiger partial charge >= 0.3 is 0 Å². The Morgan fingerprint density at radius 3 is 2.25 bits per heavy atom. The van der Waals surface area contributed by atoms with Crippen molar-refractivity contribution in [2.45, 2.75) is 38.5 Å². The van der Waals surface area contributed by atoms with E-state index < -0.39 is 0 Å². The predicted octanol–water partition coefficient (Wildman–Crippen LogP) is 2.36. The van der Waals surface area contributed by atoms with Crippen molar-refractivity contribution in [3.8, 4) is 6.07 Å². The Morgan fingerprint density at radius 1 is 1.25 bits per heavy atom. The summed E-state index contributed by atoms with van der Waals surface area (Å²) in [5.41, 5.74) is 1.45. The molecule has 1 saturated carbocycles. The molecule has 0 radical (unpaired) electrons. The third-order valence-electron chi connectivity index (χ3n) is 2.33. The summed E-state index contributed by atoms with van der Waals surface area (Å²) in [6.45, 7) is 0. The Hall–Kier alpha value is -1.10. The first-order valence-corrected chi connectivity index (χ1v) is 4.46. The molecule has 2 heteroatoms. The average Bonchev–Trinajstić information content (AvgIpc) is 2.35. The van der Waals surface area contributed by atoms with Crippen LogP contribution in [0.3, 0.4) is 0 Å². The Bertz CT molecular complexity index is 225. The molecule has 12 heavy (non-hydrogen) atoms. The van der Waals surface area contributed by atoms with Crippen LogP contribution in [0.15, 0.2) is 11.1 Å².